The second-order valence-corrected chi connectivity index (χ2v) is 5.65. The Morgan fingerprint density at radius 1 is 1.17 bits per heavy atom. The minimum absolute atomic E-state index is 0.0847. The quantitative estimate of drug-likeness (QED) is 0.780. The molecule has 0 aromatic heterocycles. The molecule has 4 heteroatoms. The number of carbonyl (C=O) groups excluding carboxylic acids is 1. The number of hydrogen-bond acceptors (Lipinski definition) is 3. The van der Waals surface area contributed by atoms with Crippen LogP contribution in [0, 0.1) is 0 Å². The minimum atomic E-state index is -0.244. The monoisotopic (exact) mass is 254 g/mol. The van der Waals surface area contributed by atoms with Crippen molar-refractivity contribution in [1.29, 1.82) is 0 Å². The van der Waals surface area contributed by atoms with Crippen molar-refractivity contribution in [3.8, 4) is 0 Å². The van der Waals surface area contributed by atoms with Gasteiger partial charge in [-0.3, -0.25) is 4.79 Å². The van der Waals surface area contributed by atoms with Gasteiger partial charge in [0.25, 0.3) is 5.91 Å². The number of carbonyl (C=O) groups is 1. The molecular formula is C14H26N2O2. The molecule has 1 aliphatic carbocycles. The van der Waals surface area contributed by atoms with E-state index in [9.17, 15) is 4.79 Å². The summed E-state index contributed by atoms with van der Waals surface area (Å²) in [5.74, 6) is 0.165. The lowest BCUT2D eigenvalue weighted by Crippen LogP contribution is -2.43. The highest BCUT2D eigenvalue weighted by atomic mass is 16.5. The average molecular weight is 254 g/mol. The van der Waals surface area contributed by atoms with Crippen molar-refractivity contribution in [2.45, 2.75) is 69.6 Å². The fourth-order valence-electron chi connectivity index (χ4n) is 3.11. The number of amides is 1. The Morgan fingerprint density at radius 3 is 2.39 bits per heavy atom. The van der Waals surface area contributed by atoms with E-state index >= 15 is 0 Å². The molecule has 1 saturated carbocycles. The van der Waals surface area contributed by atoms with Crippen LogP contribution in [0.3, 0.4) is 0 Å². The molecule has 0 spiro atoms. The van der Waals surface area contributed by atoms with Crippen LogP contribution in [0.15, 0.2) is 0 Å². The van der Waals surface area contributed by atoms with Crippen LogP contribution in [0.2, 0.25) is 0 Å². The zero-order chi connectivity index (χ0) is 13.0. The van der Waals surface area contributed by atoms with Gasteiger partial charge in [0.05, 0.1) is 6.10 Å². The third kappa shape index (κ3) is 3.23. The van der Waals surface area contributed by atoms with Gasteiger partial charge in [0, 0.05) is 19.6 Å². The van der Waals surface area contributed by atoms with Crippen LogP contribution in [-0.4, -0.2) is 42.6 Å². The Balaban J connectivity index is 1.87. The van der Waals surface area contributed by atoms with E-state index in [1.165, 1.54) is 25.7 Å². The van der Waals surface area contributed by atoms with E-state index < -0.39 is 0 Å². The molecule has 104 valence electrons. The number of rotatable bonds is 3. The van der Waals surface area contributed by atoms with E-state index in [1.54, 1.807) is 0 Å². The van der Waals surface area contributed by atoms with E-state index in [2.05, 4.69) is 0 Å². The molecule has 2 rings (SSSR count). The molecule has 1 heterocycles. The lowest BCUT2D eigenvalue weighted by molar-refractivity contribution is -0.143. The second-order valence-electron chi connectivity index (χ2n) is 5.65. The van der Waals surface area contributed by atoms with Gasteiger partial charge in [-0.25, -0.2) is 0 Å². The first-order valence-corrected chi connectivity index (χ1v) is 7.34. The maximum Gasteiger partial charge on any atom is 0.251 e. The normalized spacial score (nSPS) is 30.1. The summed E-state index contributed by atoms with van der Waals surface area (Å²) in [7, 11) is 1.94. The molecule has 1 aliphatic heterocycles. The number of nitrogens with two attached hydrogens (primary N) is 1. The third-order valence-electron chi connectivity index (χ3n) is 4.37. The lowest BCUT2D eigenvalue weighted by atomic mass is 10.1. The van der Waals surface area contributed by atoms with Crippen LogP contribution in [-0.2, 0) is 9.53 Å². The fourth-order valence-corrected chi connectivity index (χ4v) is 3.11. The molecule has 0 aromatic rings. The van der Waals surface area contributed by atoms with Gasteiger partial charge in [0.2, 0.25) is 0 Å². The van der Waals surface area contributed by atoms with E-state index in [4.69, 9.17) is 10.5 Å². The van der Waals surface area contributed by atoms with Gasteiger partial charge in [-0.2, -0.15) is 0 Å². The summed E-state index contributed by atoms with van der Waals surface area (Å²) in [6, 6.07) is 0.417. The Hall–Kier alpha value is -0.610. The lowest BCUT2D eigenvalue weighted by Gasteiger charge is -2.29. The first-order valence-electron chi connectivity index (χ1n) is 7.34. The number of nitrogens with zero attached hydrogens (tertiary/aromatic N) is 1. The third-order valence-corrected chi connectivity index (χ3v) is 4.37. The summed E-state index contributed by atoms with van der Waals surface area (Å²) in [6.45, 7) is 0.525. The number of likely N-dealkylation sites (N-methyl/N-ethyl adjacent to an activating group) is 1. The smallest absolute Gasteiger partial charge is 0.251 e. The largest absolute Gasteiger partial charge is 0.364 e. The standard InChI is InChI=1S/C14H26N2O2/c1-16(11-6-4-2-3-5-7-11)14(17)13-9-8-12(10-15)18-13/h11-13H,2-10,15H2,1H3. The van der Waals surface area contributed by atoms with Gasteiger partial charge >= 0.3 is 0 Å². The van der Waals surface area contributed by atoms with Crippen molar-refractivity contribution in [3.05, 3.63) is 0 Å². The van der Waals surface area contributed by atoms with Gasteiger partial charge in [0.1, 0.15) is 6.10 Å². The van der Waals surface area contributed by atoms with Gasteiger partial charge in [0.15, 0.2) is 0 Å². The van der Waals surface area contributed by atoms with Crippen LogP contribution < -0.4 is 5.73 Å². The highest BCUT2D eigenvalue weighted by molar-refractivity contribution is 5.81. The molecule has 2 atom stereocenters. The van der Waals surface area contributed by atoms with Gasteiger partial charge in [-0.1, -0.05) is 25.7 Å². The minimum Gasteiger partial charge on any atom is -0.364 e. The highest BCUT2D eigenvalue weighted by Crippen LogP contribution is 2.25. The molecule has 1 saturated heterocycles. The predicted molar refractivity (Wildman–Crippen MR) is 71.2 cm³/mol. The topological polar surface area (TPSA) is 55.6 Å². The van der Waals surface area contributed by atoms with E-state index in [-0.39, 0.29) is 18.1 Å². The van der Waals surface area contributed by atoms with Crippen molar-refractivity contribution >= 4 is 5.91 Å². The molecular weight excluding hydrogens is 228 g/mol. The zero-order valence-corrected chi connectivity index (χ0v) is 11.4. The summed E-state index contributed by atoms with van der Waals surface area (Å²) >= 11 is 0. The molecule has 2 N–H and O–H groups in total. The molecule has 0 aromatic carbocycles. The first kappa shape index (κ1) is 13.8. The molecule has 4 nitrogen and oxygen atoms in total. The van der Waals surface area contributed by atoms with Gasteiger partial charge in [-0.05, 0) is 25.7 Å². The van der Waals surface area contributed by atoms with Crippen molar-refractivity contribution < 1.29 is 9.53 Å². The summed E-state index contributed by atoms with van der Waals surface area (Å²) in [5.41, 5.74) is 5.59. The zero-order valence-electron chi connectivity index (χ0n) is 11.4. The summed E-state index contributed by atoms with van der Waals surface area (Å²) < 4.78 is 5.70. The second kappa shape index (κ2) is 6.53. The van der Waals surface area contributed by atoms with Gasteiger partial charge in [-0.15, -0.1) is 0 Å². The Kier molecular flexibility index (Phi) is 5.01. The summed E-state index contributed by atoms with van der Waals surface area (Å²) in [4.78, 5) is 14.3. The van der Waals surface area contributed by atoms with Crippen molar-refractivity contribution in [1.82, 2.24) is 4.90 Å². The Labute approximate surface area is 110 Å². The van der Waals surface area contributed by atoms with E-state index in [0.717, 1.165) is 25.7 Å². The summed E-state index contributed by atoms with van der Waals surface area (Å²) in [6.07, 6.45) is 9.02. The predicted octanol–water partition coefficient (Wildman–Crippen LogP) is 1.67. The van der Waals surface area contributed by atoms with Crippen LogP contribution in [0.5, 0.6) is 0 Å². The Morgan fingerprint density at radius 2 is 1.83 bits per heavy atom. The van der Waals surface area contributed by atoms with Crippen molar-refractivity contribution in [3.63, 3.8) is 0 Å². The molecule has 2 aliphatic rings. The maximum atomic E-state index is 12.4. The first-order chi connectivity index (χ1) is 8.72. The van der Waals surface area contributed by atoms with Crippen LogP contribution in [0.25, 0.3) is 0 Å². The van der Waals surface area contributed by atoms with E-state index in [1.807, 2.05) is 11.9 Å². The molecule has 0 radical (unpaired) electrons. The average Bonchev–Trinajstić information content (AvgIpc) is 2.71. The highest BCUT2D eigenvalue weighted by Gasteiger charge is 2.33. The van der Waals surface area contributed by atoms with Crippen LogP contribution in [0.4, 0.5) is 0 Å². The summed E-state index contributed by atoms with van der Waals surface area (Å²) in [5, 5.41) is 0. The molecule has 2 unspecified atom stereocenters. The van der Waals surface area contributed by atoms with Crippen molar-refractivity contribution in [2.75, 3.05) is 13.6 Å². The van der Waals surface area contributed by atoms with Crippen molar-refractivity contribution in [2.24, 2.45) is 5.73 Å². The molecule has 18 heavy (non-hydrogen) atoms. The van der Waals surface area contributed by atoms with E-state index in [0.29, 0.717) is 12.6 Å². The Bertz CT molecular complexity index is 275. The number of hydrogen-bond donors (Lipinski definition) is 1. The molecule has 1 amide bonds. The number of ether oxygens (including phenoxy) is 1. The van der Waals surface area contributed by atoms with Crippen LogP contribution in [0.1, 0.15) is 51.4 Å². The SMILES string of the molecule is CN(C(=O)C1CCC(CN)O1)C1CCCCCC1. The molecule has 0 bridgehead atoms. The van der Waals surface area contributed by atoms with Gasteiger partial charge < -0.3 is 15.4 Å². The maximum absolute atomic E-state index is 12.4. The fraction of sp³-hybridized carbons (Fsp3) is 0.929. The van der Waals surface area contributed by atoms with Crippen LogP contribution >= 0.6 is 0 Å². The molecule has 2 fully saturated rings.